The summed E-state index contributed by atoms with van der Waals surface area (Å²) >= 11 is 1.36. The summed E-state index contributed by atoms with van der Waals surface area (Å²) in [4.78, 5) is 24.5. The van der Waals surface area contributed by atoms with Crippen LogP contribution in [0.1, 0.15) is 15.2 Å². The number of hydrogen-bond acceptors (Lipinski definition) is 5. The first kappa shape index (κ1) is 10.7. The van der Waals surface area contributed by atoms with Crippen LogP contribution in [0.3, 0.4) is 0 Å². The maximum atomic E-state index is 11.7. The van der Waals surface area contributed by atoms with Gasteiger partial charge in [0, 0.05) is 11.1 Å². The molecule has 0 amide bonds. The summed E-state index contributed by atoms with van der Waals surface area (Å²) in [6.07, 6.45) is 1.61. The number of esters is 1. The number of carbonyl (C=O) groups excluding carboxylic acids is 1. The Morgan fingerprint density at radius 1 is 1.56 bits per heavy atom. The van der Waals surface area contributed by atoms with Crippen molar-refractivity contribution in [3.05, 3.63) is 33.1 Å². The molecule has 0 unspecified atom stereocenters. The second-order valence-electron chi connectivity index (χ2n) is 3.25. The number of aromatic hydroxyl groups is 1. The molecule has 0 spiro atoms. The molecule has 0 radical (unpaired) electrons. The predicted molar refractivity (Wildman–Crippen MR) is 59.3 cm³/mol. The first-order valence-electron chi connectivity index (χ1n) is 4.47. The number of nitrogens with zero attached hydrogens (tertiary/aromatic N) is 1. The lowest BCUT2D eigenvalue weighted by Crippen LogP contribution is -2.15. The Labute approximate surface area is 94.5 Å². The van der Waals surface area contributed by atoms with Crippen LogP contribution in [0, 0.1) is 6.92 Å². The van der Waals surface area contributed by atoms with Gasteiger partial charge in [-0.05, 0) is 13.0 Å². The number of ether oxygens (including phenoxy) is 1. The van der Waals surface area contributed by atoms with Crippen LogP contribution in [0.15, 0.2) is 17.1 Å². The zero-order valence-corrected chi connectivity index (χ0v) is 9.50. The van der Waals surface area contributed by atoms with E-state index in [9.17, 15) is 14.7 Å². The van der Waals surface area contributed by atoms with E-state index in [2.05, 4.69) is 4.74 Å². The van der Waals surface area contributed by atoms with Crippen molar-refractivity contribution in [1.82, 2.24) is 4.40 Å². The van der Waals surface area contributed by atoms with E-state index in [0.717, 1.165) is 4.88 Å². The second kappa shape index (κ2) is 3.64. The predicted octanol–water partition coefficient (Wildman–Crippen LogP) is 1.16. The molecule has 2 aromatic heterocycles. The highest BCUT2D eigenvalue weighted by molar-refractivity contribution is 7.17. The van der Waals surface area contributed by atoms with Gasteiger partial charge < -0.3 is 9.84 Å². The van der Waals surface area contributed by atoms with E-state index < -0.39 is 17.3 Å². The molecule has 0 bridgehead atoms. The summed E-state index contributed by atoms with van der Waals surface area (Å²) in [7, 11) is 1.20. The van der Waals surface area contributed by atoms with E-state index in [1.807, 2.05) is 6.92 Å². The standard InChI is InChI=1S/C10H9NO4S/c1-5-4-11-7(16-5)3-6(10(14)15-2)8(12)9(11)13/h3-4,12H,1-2H3. The van der Waals surface area contributed by atoms with Gasteiger partial charge >= 0.3 is 5.97 Å². The quantitative estimate of drug-likeness (QED) is 0.758. The number of carbonyl (C=O) groups is 1. The van der Waals surface area contributed by atoms with E-state index in [4.69, 9.17) is 0 Å². The minimum atomic E-state index is -0.719. The molecule has 0 saturated carbocycles. The van der Waals surface area contributed by atoms with Gasteiger partial charge in [-0.1, -0.05) is 0 Å². The van der Waals surface area contributed by atoms with Crippen molar-refractivity contribution in [2.45, 2.75) is 6.92 Å². The Bertz CT molecular complexity index is 626. The number of aromatic nitrogens is 1. The Morgan fingerprint density at radius 3 is 2.88 bits per heavy atom. The monoisotopic (exact) mass is 239 g/mol. The molecule has 0 atom stereocenters. The van der Waals surface area contributed by atoms with Crippen molar-refractivity contribution in [3.8, 4) is 5.75 Å². The summed E-state index contributed by atoms with van der Waals surface area (Å²) in [6.45, 7) is 1.84. The fourth-order valence-electron chi connectivity index (χ4n) is 1.43. The molecule has 0 aliphatic carbocycles. The topological polar surface area (TPSA) is 68.0 Å². The van der Waals surface area contributed by atoms with Gasteiger partial charge in [0.2, 0.25) is 0 Å². The van der Waals surface area contributed by atoms with E-state index >= 15 is 0 Å². The summed E-state index contributed by atoms with van der Waals surface area (Å²) in [5, 5.41) is 9.58. The van der Waals surface area contributed by atoms with Crippen molar-refractivity contribution < 1.29 is 14.6 Å². The first-order chi connectivity index (χ1) is 7.54. The molecule has 1 N–H and O–H groups in total. The van der Waals surface area contributed by atoms with Crippen LogP contribution in [-0.2, 0) is 4.74 Å². The molecular weight excluding hydrogens is 230 g/mol. The number of pyridine rings is 1. The maximum absolute atomic E-state index is 11.7. The highest BCUT2D eigenvalue weighted by Crippen LogP contribution is 2.21. The highest BCUT2D eigenvalue weighted by Gasteiger charge is 2.17. The second-order valence-corrected chi connectivity index (χ2v) is 4.52. The van der Waals surface area contributed by atoms with Gasteiger partial charge in [-0.2, -0.15) is 0 Å². The van der Waals surface area contributed by atoms with Crippen LogP contribution in [0.2, 0.25) is 0 Å². The summed E-state index contributed by atoms with van der Waals surface area (Å²) in [5.74, 6) is -1.30. The molecule has 0 saturated heterocycles. The lowest BCUT2D eigenvalue weighted by molar-refractivity contribution is 0.0597. The summed E-state index contributed by atoms with van der Waals surface area (Å²) in [6, 6.07) is 1.44. The van der Waals surface area contributed by atoms with Crippen molar-refractivity contribution >= 4 is 22.1 Å². The number of rotatable bonds is 1. The van der Waals surface area contributed by atoms with Gasteiger partial charge in [-0.15, -0.1) is 11.3 Å². The lowest BCUT2D eigenvalue weighted by atomic mass is 10.2. The van der Waals surface area contributed by atoms with Gasteiger partial charge in [0.05, 0.1) is 7.11 Å². The van der Waals surface area contributed by atoms with E-state index in [1.54, 1.807) is 6.20 Å². The van der Waals surface area contributed by atoms with E-state index in [1.165, 1.54) is 28.9 Å². The fraction of sp³-hybridized carbons (Fsp3) is 0.200. The smallest absolute Gasteiger partial charge is 0.341 e. The number of thiazole rings is 1. The minimum absolute atomic E-state index is 0.102. The van der Waals surface area contributed by atoms with Crippen LogP contribution in [0.5, 0.6) is 5.75 Å². The molecule has 5 nitrogen and oxygen atoms in total. The van der Waals surface area contributed by atoms with Crippen LogP contribution in [0.25, 0.3) is 4.83 Å². The molecule has 0 aliphatic rings. The van der Waals surface area contributed by atoms with Crippen molar-refractivity contribution in [3.63, 3.8) is 0 Å². The first-order valence-corrected chi connectivity index (χ1v) is 5.29. The van der Waals surface area contributed by atoms with Gasteiger partial charge in [0.15, 0.2) is 5.75 Å². The molecule has 0 aliphatic heterocycles. The molecule has 2 heterocycles. The van der Waals surface area contributed by atoms with Gasteiger partial charge in [0.25, 0.3) is 5.56 Å². The van der Waals surface area contributed by atoms with Gasteiger partial charge in [-0.3, -0.25) is 9.20 Å². The molecule has 84 valence electrons. The fourth-order valence-corrected chi connectivity index (χ4v) is 2.33. The van der Waals surface area contributed by atoms with E-state index in [0.29, 0.717) is 4.83 Å². The van der Waals surface area contributed by atoms with Gasteiger partial charge in [-0.25, -0.2) is 4.79 Å². The maximum Gasteiger partial charge on any atom is 0.341 e. The summed E-state index contributed by atoms with van der Waals surface area (Å²) in [5.41, 5.74) is -0.711. The minimum Gasteiger partial charge on any atom is -0.502 e. The molecule has 0 aromatic carbocycles. The normalized spacial score (nSPS) is 10.6. The number of hydrogen-bond donors (Lipinski definition) is 1. The third kappa shape index (κ3) is 1.47. The largest absolute Gasteiger partial charge is 0.502 e. The van der Waals surface area contributed by atoms with Crippen LogP contribution >= 0.6 is 11.3 Å². The third-order valence-corrected chi connectivity index (χ3v) is 3.11. The molecular formula is C10H9NO4S. The lowest BCUT2D eigenvalue weighted by Gasteiger charge is -2.02. The zero-order valence-electron chi connectivity index (χ0n) is 8.68. The van der Waals surface area contributed by atoms with Crippen LogP contribution in [-0.4, -0.2) is 22.6 Å². The summed E-state index contributed by atoms with van der Waals surface area (Å²) < 4.78 is 5.79. The average Bonchev–Trinajstić information content (AvgIpc) is 2.63. The van der Waals surface area contributed by atoms with Crippen LogP contribution in [0.4, 0.5) is 0 Å². The van der Waals surface area contributed by atoms with Crippen molar-refractivity contribution in [1.29, 1.82) is 0 Å². The Balaban J connectivity index is 2.83. The Kier molecular flexibility index (Phi) is 2.43. The van der Waals surface area contributed by atoms with Crippen molar-refractivity contribution in [2.75, 3.05) is 7.11 Å². The molecule has 2 aromatic rings. The molecule has 0 fully saturated rings. The number of fused-ring (bicyclic) bond motifs is 1. The van der Waals surface area contributed by atoms with Crippen molar-refractivity contribution in [2.24, 2.45) is 0 Å². The highest BCUT2D eigenvalue weighted by atomic mass is 32.1. The number of aryl methyl sites for hydroxylation is 1. The van der Waals surface area contributed by atoms with E-state index in [-0.39, 0.29) is 5.56 Å². The van der Waals surface area contributed by atoms with Crippen LogP contribution < -0.4 is 5.56 Å². The molecule has 16 heavy (non-hydrogen) atoms. The molecule has 2 rings (SSSR count). The average molecular weight is 239 g/mol. The zero-order chi connectivity index (χ0) is 11.9. The molecule has 6 heteroatoms. The third-order valence-electron chi connectivity index (χ3n) is 2.16. The SMILES string of the molecule is COC(=O)c1cc2sc(C)cn2c(=O)c1O. The Morgan fingerprint density at radius 2 is 2.25 bits per heavy atom. The number of methoxy groups -OCH3 is 1. The Hall–Kier alpha value is -1.82. The van der Waals surface area contributed by atoms with Gasteiger partial charge in [0.1, 0.15) is 10.4 Å².